The Bertz CT molecular complexity index is 1650. The van der Waals surface area contributed by atoms with Gasteiger partial charge in [-0.3, -0.25) is 4.79 Å². The SMILES string of the molecule is CN(C)c1ccccc1NC(=O)c1cc2c3ccccc3[nH]c2c2c1[nH]c1ccccc12. The summed E-state index contributed by atoms with van der Waals surface area (Å²) in [5.74, 6) is -0.136. The molecule has 1 amide bonds. The first-order valence-electron chi connectivity index (χ1n) is 10.6. The van der Waals surface area contributed by atoms with Crippen molar-refractivity contribution in [1.82, 2.24) is 9.97 Å². The molecule has 156 valence electrons. The van der Waals surface area contributed by atoms with Crippen LogP contribution in [0, 0.1) is 0 Å². The highest BCUT2D eigenvalue weighted by molar-refractivity contribution is 6.29. The molecule has 2 heterocycles. The quantitative estimate of drug-likeness (QED) is 0.317. The molecule has 6 aromatic rings. The van der Waals surface area contributed by atoms with E-state index < -0.39 is 0 Å². The van der Waals surface area contributed by atoms with Crippen LogP contribution in [0.3, 0.4) is 0 Å². The summed E-state index contributed by atoms with van der Waals surface area (Å²) in [6.07, 6.45) is 0. The number of nitrogens with one attached hydrogen (secondary N) is 3. The number of nitrogens with zero attached hydrogens (tertiary/aromatic N) is 1. The van der Waals surface area contributed by atoms with E-state index in [1.807, 2.05) is 79.7 Å². The van der Waals surface area contributed by atoms with E-state index >= 15 is 0 Å². The standard InChI is InChI=1S/C27H22N4O/c1-31(2)23-14-8-7-13-22(23)30-27(32)19-15-18-16-9-3-5-11-20(16)28-25(18)24-17-10-4-6-12-21(17)29-26(19)24/h3-15,28-29H,1-2H3,(H,30,32). The van der Waals surface area contributed by atoms with Gasteiger partial charge in [-0.15, -0.1) is 0 Å². The fourth-order valence-corrected chi connectivity index (χ4v) is 4.67. The van der Waals surface area contributed by atoms with Gasteiger partial charge in [-0.2, -0.15) is 0 Å². The summed E-state index contributed by atoms with van der Waals surface area (Å²) < 4.78 is 0. The lowest BCUT2D eigenvalue weighted by Crippen LogP contribution is -2.17. The van der Waals surface area contributed by atoms with Crippen molar-refractivity contribution < 1.29 is 4.79 Å². The van der Waals surface area contributed by atoms with Gasteiger partial charge in [-0.25, -0.2) is 0 Å². The Balaban J connectivity index is 1.64. The number of benzene rings is 4. The molecule has 0 saturated heterocycles. The minimum absolute atomic E-state index is 0.136. The van der Waals surface area contributed by atoms with Crippen LogP contribution in [0.1, 0.15) is 10.4 Å². The highest BCUT2D eigenvalue weighted by atomic mass is 16.1. The predicted octanol–water partition coefficient (Wildman–Crippen LogP) is 6.27. The number of carbonyl (C=O) groups is 1. The number of fused-ring (bicyclic) bond motifs is 7. The molecule has 0 unspecified atom stereocenters. The van der Waals surface area contributed by atoms with Crippen LogP contribution >= 0.6 is 0 Å². The molecule has 0 saturated carbocycles. The zero-order valence-corrected chi connectivity index (χ0v) is 17.9. The number of H-pyrrole nitrogens is 2. The molecule has 0 atom stereocenters. The topological polar surface area (TPSA) is 63.9 Å². The molecular formula is C27H22N4O. The van der Waals surface area contributed by atoms with Crippen LogP contribution in [0.5, 0.6) is 0 Å². The second-order valence-electron chi connectivity index (χ2n) is 8.30. The Morgan fingerprint density at radius 1 is 0.750 bits per heavy atom. The van der Waals surface area contributed by atoms with E-state index in [2.05, 4.69) is 33.5 Å². The third-order valence-corrected chi connectivity index (χ3v) is 6.14. The van der Waals surface area contributed by atoms with Gasteiger partial charge in [0.2, 0.25) is 0 Å². The molecule has 0 aliphatic heterocycles. The van der Waals surface area contributed by atoms with Crippen LogP contribution in [0.25, 0.3) is 43.6 Å². The summed E-state index contributed by atoms with van der Waals surface area (Å²) in [4.78, 5) is 22.7. The number of para-hydroxylation sites is 4. The second kappa shape index (κ2) is 6.89. The van der Waals surface area contributed by atoms with E-state index in [1.165, 1.54) is 0 Å². The maximum Gasteiger partial charge on any atom is 0.257 e. The fraction of sp³-hybridized carbons (Fsp3) is 0.0741. The zero-order chi connectivity index (χ0) is 21.8. The van der Waals surface area contributed by atoms with Crippen molar-refractivity contribution in [2.75, 3.05) is 24.3 Å². The highest BCUT2D eigenvalue weighted by Crippen LogP contribution is 2.38. The van der Waals surface area contributed by atoms with E-state index in [0.717, 1.165) is 55.0 Å². The van der Waals surface area contributed by atoms with E-state index in [4.69, 9.17) is 0 Å². The van der Waals surface area contributed by atoms with Gasteiger partial charge in [-0.05, 0) is 30.3 Å². The molecule has 4 aromatic carbocycles. The summed E-state index contributed by atoms with van der Waals surface area (Å²) in [5, 5.41) is 7.43. The third-order valence-electron chi connectivity index (χ3n) is 6.14. The largest absolute Gasteiger partial charge is 0.376 e. The summed E-state index contributed by atoms with van der Waals surface area (Å²) >= 11 is 0. The fourth-order valence-electron chi connectivity index (χ4n) is 4.67. The van der Waals surface area contributed by atoms with Gasteiger partial charge < -0.3 is 20.2 Å². The monoisotopic (exact) mass is 418 g/mol. The number of hydrogen-bond acceptors (Lipinski definition) is 2. The van der Waals surface area contributed by atoms with Crippen LogP contribution in [-0.4, -0.2) is 30.0 Å². The van der Waals surface area contributed by atoms with Crippen molar-refractivity contribution in [1.29, 1.82) is 0 Å². The van der Waals surface area contributed by atoms with Gasteiger partial charge in [0.15, 0.2) is 0 Å². The molecule has 0 radical (unpaired) electrons. The molecule has 0 fully saturated rings. The van der Waals surface area contributed by atoms with E-state index in [-0.39, 0.29) is 5.91 Å². The lowest BCUT2D eigenvalue weighted by molar-refractivity contribution is 0.102. The third kappa shape index (κ3) is 2.68. The van der Waals surface area contributed by atoms with Crippen LogP contribution in [0.4, 0.5) is 11.4 Å². The number of aromatic amines is 2. The second-order valence-corrected chi connectivity index (χ2v) is 8.30. The zero-order valence-electron chi connectivity index (χ0n) is 17.9. The van der Waals surface area contributed by atoms with Crippen molar-refractivity contribution >= 4 is 60.9 Å². The van der Waals surface area contributed by atoms with Crippen molar-refractivity contribution in [3.8, 4) is 0 Å². The number of amides is 1. The highest BCUT2D eigenvalue weighted by Gasteiger charge is 2.20. The summed E-state index contributed by atoms with van der Waals surface area (Å²) in [6, 6.07) is 26.2. The number of carbonyl (C=O) groups excluding carboxylic acids is 1. The summed E-state index contributed by atoms with van der Waals surface area (Å²) in [5.41, 5.74) is 6.32. The average Bonchev–Trinajstić information content (AvgIpc) is 3.37. The normalized spacial score (nSPS) is 11.6. The summed E-state index contributed by atoms with van der Waals surface area (Å²) in [7, 11) is 3.94. The summed E-state index contributed by atoms with van der Waals surface area (Å²) in [6.45, 7) is 0. The van der Waals surface area contributed by atoms with E-state index in [1.54, 1.807) is 0 Å². The molecule has 0 bridgehead atoms. The first kappa shape index (κ1) is 18.5. The van der Waals surface area contributed by atoms with Gasteiger partial charge in [0.1, 0.15) is 0 Å². The van der Waals surface area contributed by atoms with Crippen LogP contribution in [0.15, 0.2) is 78.9 Å². The Morgan fingerprint density at radius 2 is 1.38 bits per heavy atom. The maximum absolute atomic E-state index is 13.6. The molecule has 2 aromatic heterocycles. The predicted molar refractivity (Wildman–Crippen MR) is 134 cm³/mol. The molecule has 5 nitrogen and oxygen atoms in total. The molecule has 3 N–H and O–H groups in total. The van der Waals surface area contributed by atoms with Crippen molar-refractivity contribution in [3.05, 3.63) is 84.4 Å². The van der Waals surface area contributed by atoms with Gasteiger partial charge >= 0.3 is 0 Å². The molecule has 0 aliphatic rings. The molecule has 0 aliphatic carbocycles. The first-order chi connectivity index (χ1) is 15.6. The van der Waals surface area contributed by atoms with Gasteiger partial charge in [-0.1, -0.05) is 48.5 Å². The Morgan fingerprint density at radius 3 is 2.16 bits per heavy atom. The lowest BCUT2D eigenvalue weighted by atomic mass is 10.0. The minimum atomic E-state index is -0.136. The van der Waals surface area contributed by atoms with Crippen molar-refractivity contribution in [2.24, 2.45) is 0 Å². The molecular weight excluding hydrogens is 396 g/mol. The van der Waals surface area contributed by atoms with Crippen molar-refractivity contribution in [3.63, 3.8) is 0 Å². The number of aromatic nitrogens is 2. The Labute approximate surface area is 184 Å². The molecule has 0 spiro atoms. The molecule has 5 heteroatoms. The Kier molecular flexibility index (Phi) is 3.98. The average molecular weight is 419 g/mol. The maximum atomic E-state index is 13.6. The molecule has 6 rings (SSSR count). The first-order valence-corrected chi connectivity index (χ1v) is 10.6. The van der Waals surface area contributed by atoms with Gasteiger partial charge in [0.25, 0.3) is 5.91 Å². The van der Waals surface area contributed by atoms with E-state index in [0.29, 0.717) is 5.56 Å². The van der Waals surface area contributed by atoms with E-state index in [9.17, 15) is 4.79 Å². The Hall–Kier alpha value is -4.25. The smallest absolute Gasteiger partial charge is 0.257 e. The minimum Gasteiger partial charge on any atom is -0.376 e. The lowest BCUT2D eigenvalue weighted by Gasteiger charge is -2.18. The number of anilines is 2. The van der Waals surface area contributed by atoms with Gasteiger partial charge in [0.05, 0.1) is 28.0 Å². The van der Waals surface area contributed by atoms with Crippen LogP contribution in [0.2, 0.25) is 0 Å². The number of rotatable bonds is 3. The van der Waals surface area contributed by atoms with Crippen LogP contribution in [-0.2, 0) is 0 Å². The van der Waals surface area contributed by atoms with Gasteiger partial charge in [0, 0.05) is 46.7 Å². The van der Waals surface area contributed by atoms with Crippen molar-refractivity contribution in [2.45, 2.75) is 0 Å². The number of hydrogen-bond donors (Lipinski definition) is 3. The molecule has 32 heavy (non-hydrogen) atoms. The van der Waals surface area contributed by atoms with Crippen LogP contribution < -0.4 is 10.2 Å².